The lowest BCUT2D eigenvalue weighted by molar-refractivity contribution is 0.738. The van der Waals surface area contributed by atoms with Crippen LogP contribution in [0.25, 0.3) is 0 Å². The number of unbranched alkanes of at least 4 members (excludes halogenated alkanes) is 2. The predicted octanol–water partition coefficient (Wildman–Crippen LogP) is 6.07. The molecule has 0 heterocycles. The molecule has 0 saturated heterocycles. The summed E-state index contributed by atoms with van der Waals surface area (Å²) in [7, 11) is -1.04. The molecule has 0 aromatic heterocycles. The van der Waals surface area contributed by atoms with E-state index in [1.807, 2.05) is 6.08 Å². The topological polar surface area (TPSA) is 0 Å². The van der Waals surface area contributed by atoms with E-state index in [9.17, 15) is 0 Å². The van der Waals surface area contributed by atoms with Crippen molar-refractivity contribution in [2.75, 3.05) is 0 Å². The second kappa shape index (κ2) is 8.37. The quantitative estimate of drug-likeness (QED) is 0.291. The molecule has 0 aliphatic carbocycles. The monoisotopic (exact) mass is 274 g/mol. The second-order valence-electron chi connectivity index (χ2n) is 6.45. The third-order valence-corrected chi connectivity index (χ3v) is 9.12. The van der Waals surface area contributed by atoms with E-state index in [1.165, 1.54) is 43.7 Å². The van der Waals surface area contributed by atoms with Gasteiger partial charge in [0.2, 0.25) is 0 Å². The van der Waals surface area contributed by atoms with Crippen LogP contribution >= 0.6 is 0 Å². The average Bonchev–Trinajstić information content (AvgIpc) is 2.42. The molecule has 0 amide bonds. The maximum Gasteiger partial charge on any atom is 0.0502 e. The molecule has 0 radical (unpaired) electrons. The zero-order chi connectivity index (χ0) is 14.1. The predicted molar refractivity (Wildman–Crippen MR) is 90.5 cm³/mol. The lowest BCUT2D eigenvalue weighted by Crippen LogP contribution is -2.31. The van der Waals surface area contributed by atoms with E-state index in [1.54, 1.807) is 0 Å². The van der Waals surface area contributed by atoms with Gasteiger partial charge in [-0.1, -0.05) is 75.3 Å². The lowest BCUT2D eigenvalue weighted by atomic mass is 10.1. The number of hydrogen-bond donors (Lipinski definition) is 0. The van der Waals surface area contributed by atoms with Gasteiger partial charge in [-0.05, 0) is 30.4 Å². The Bertz CT molecular complexity index is 353. The average molecular weight is 275 g/mol. The Morgan fingerprint density at radius 1 is 1.16 bits per heavy atom. The zero-order valence-electron chi connectivity index (χ0n) is 13.0. The molecule has 0 saturated carbocycles. The van der Waals surface area contributed by atoms with Gasteiger partial charge in [0.15, 0.2) is 0 Å². The van der Waals surface area contributed by atoms with Crippen molar-refractivity contribution in [1.29, 1.82) is 0 Å². The molecule has 19 heavy (non-hydrogen) atoms. The van der Waals surface area contributed by atoms with Crippen molar-refractivity contribution in [1.82, 2.24) is 0 Å². The van der Waals surface area contributed by atoms with Crippen molar-refractivity contribution in [2.24, 2.45) is 0 Å². The smallest absolute Gasteiger partial charge is 0.0502 e. The number of benzene rings is 1. The van der Waals surface area contributed by atoms with Gasteiger partial charge in [0.25, 0.3) is 0 Å². The van der Waals surface area contributed by atoms with Crippen LogP contribution in [-0.2, 0) is 6.42 Å². The van der Waals surface area contributed by atoms with E-state index in [0.29, 0.717) is 0 Å². The van der Waals surface area contributed by atoms with E-state index in [4.69, 9.17) is 0 Å². The maximum absolute atomic E-state index is 3.80. The van der Waals surface area contributed by atoms with Gasteiger partial charge in [-0.3, -0.25) is 0 Å². The summed E-state index contributed by atoms with van der Waals surface area (Å²) in [5, 5.41) is 0. The van der Waals surface area contributed by atoms with E-state index in [0.717, 1.165) is 5.54 Å². The van der Waals surface area contributed by atoms with Crippen LogP contribution in [0.5, 0.6) is 0 Å². The molecule has 0 aliphatic heterocycles. The van der Waals surface area contributed by atoms with Crippen molar-refractivity contribution in [3.05, 3.63) is 48.6 Å². The molecule has 106 valence electrons. The maximum atomic E-state index is 3.80. The summed E-state index contributed by atoms with van der Waals surface area (Å²) in [6.07, 6.45) is 8.54. The molecule has 0 fully saturated rings. The Kier molecular flexibility index (Phi) is 7.15. The van der Waals surface area contributed by atoms with Gasteiger partial charge in [0.05, 0.1) is 8.07 Å². The fourth-order valence-corrected chi connectivity index (χ4v) is 5.11. The molecule has 0 spiro atoms. The fraction of sp³-hybridized carbons (Fsp3) is 0.556. The van der Waals surface area contributed by atoms with Crippen LogP contribution in [0.4, 0.5) is 0 Å². The van der Waals surface area contributed by atoms with E-state index < -0.39 is 8.07 Å². The largest absolute Gasteiger partial charge is 0.103 e. The number of allylic oxidation sites excluding steroid dienone is 1. The van der Waals surface area contributed by atoms with Crippen molar-refractivity contribution in [3.63, 3.8) is 0 Å². The van der Waals surface area contributed by atoms with Gasteiger partial charge in [-0.2, -0.15) is 0 Å². The molecule has 1 unspecified atom stereocenters. The number of hydrogen-bond acceptors (Lipinski definition) is 0. The van der Waals surface area contributed by atoms with Crippen LogP contribution in [-0.4, -0.2) is 8.07 Å². The van der Waals surface area contributed by atoms with Gasteiger partial charge in [0, 0.05) is 0 Å². The first kappa shape index (κ1) is 16.2. The molecular formula is C18H30Si. The van der Waals surface area contributed by atoms with Crippen LogP contribution in [0.2, 0.25) is 24.7 Å². The highest BCUT2D eigenvalue weighted by molar-refractivity contribution is 6.78. The van der Waals surface area contributed by atoms with Crippen molar-refractivity contribution in [3.8, 4) is 0 Å². The minimum atomic E-state index is -1.04. The van der Waals surface area contributed by atoms with Crippen molar-refractivity contribution >= 4 is 8.07 Å². The van der Waals surface area contributed by atoms with Gasteiger partial charge >= 0.3 is 0 Å². The first-order chi connectivity index (χ1) is 9.06. The molecule has 0 nitrogen and oxygen atoms in total. The van der Waals surface area contributed by atoms with Crippen molar-refractivity contribution < 1.29 is 0 Å². The Morgan fingerprint density at radius 2 is 1.84 bits per heavy atom. The lowest BCUT2D eigenvalue weighted by Gasteiger charge is -2.30. The zero-order valence-corrected chi connectivity index (χ0v) is 14.0. The summed E-state index contributed by atoms with van der Waals surface area (Å²) in [5.74, 6) is 0. The first-order valence-corrected chi connectivity index (χ1v) is 11.0. The fourth-order valence-electron chi connectivity index (χ4n) is 2.53. The second-order valence-corrected chi connectivity index (χ2v) is 11.9. The Balaban J connectivity index is 2.34. The molecule has 1 heteroatoms. The summed E-state index contributed by atoms with van der Waals surface area (Å²) >= 11 is 0. The van der Waals surface area contributed by atoms with E-state index in [-0.39, 0.29) is 0 Å². The molecule has 0 N–H and O–H groups in total. The molecule has 1 aromatic rings. The summed E-state index contributed by atoms with van der Waals surface area (Å²) in [6, 6.07) is 12.4. The van der Waals surface area contributed by atoms with Gasteiger partial charge < -0.3 is 0 Å². The highest BCUT2D eigenvalue weighted by atomic mass is 28.3. The molecule has 1 aromatic carbocycles. The Labute approximate surface area is 121 Å². The summed E-state index contributed by atoms with van der Waals surface area (Å²) in [6.45, 7) is 11.4. The third-order valence-electron chi connectivity index (χ3n) is 4.52. The minimum Gasteiger partial charge on any atom is -0.103 e. The van der Waals surface area contributed by atoms with Gasteiger partial charge in [0.1, 0.15) is 0 Å². The molecule has 0 bridgehead atoms. The van der Waals surface area contributed by atoms with Crippen LogP contribution < -0.4 is 0 Å². The molecule has 0 aliphatic rings. The van der Waals surface area contributed by atoms with Crippen LogP contribution in [0, 0.1) is 0 Å². The molecule has 1 atom stereocenters. The van der Waals surface area contributed by atoms with Gasteiger partial charge in [-0.15, -0.1) is 6.58 Å². The van der Waals surface area contributed by atoms with Crippen LogP contribution in [0.15, 0.2) is 43.0 Å². The summed E-state index contributed by atoms with van der Waals surface area (Å²) < 4.78 is 0. The summed E-state index contributed by atoms with van der Waals surface area (Å²) in [4.78, 5) is 0. The van der Waals surface area contributed by atoms with E-state index >= 15 is 0 Å². The third kappa shape index (κ3) is 6.24. The Morgan fingerprint density at radius 3 is 2.47 bits per heavy atom. The minimum absolute atomic E-state index is 0.913. The van der Waals surface area contributed by atoms with Crippen LogP contribution in [0.3, 0.4) is 0 Å². The summed E-state index contributed by atoms with van der Waals surface area (Å²) in [5.41, 5.74) is 2.40. The first-order valence-electron chi connectivity index (χ1n) is 7.71. The normalized spacial score (nSPS) is 13.2. The van der Waals surface area contributed by atoms with Crippen molar-refractivity contribution in [2.45, 2.75) is 63.7 Å². The highest BCUT2D eigenvalue weighted by Gasteiger charge is 2.27. The SMILES string of the molecule is C=CCCCC[Si](C)(C)C(C)CCc1ccccc1. The Hall–Kier alpha value is -0.823. The van der Waals surface area contributed by atoms with Crippen LogP contribution in [0.1, 0.15) is 38.2 Å². The molecule has 1 rings (SSSR count). The standard InChI is InChI=1S/C18H30Si/c1-5-6-7-11-16-19(3,4)17(2)14-15-18-12-9-8-10-13-18/h5,8-10,12-13,17H,1,6-7,11,14-16H2,2-4H3. The molecular weight excluding hydrogens is 244 g/mol. The van der Waals surface area contributed by atoms with Gasteiger partial charge in [-0.25, -0.2) is 0 Å². The number of aryl methyl sites for hydroxylation is 1. The number of rotatable bonds is 9. The van der Waals surface area contributed by atoms with E-state index in [2.05, 4.69) is 56.9 Å². The highest BCUT2D eigenvalue weighted by Crippen LogP contribution is 2.31.